The normalized spacial score (nSPS) is 12.3. The van der Waals surface area contributed by atoms with Crippen molar-refractivity contribution in [2.24, 2.45) is 0 Å². The van der Waals surface area contributed by atoms with Crippen LogP contribution in [0.2, 0.25) is 0 Å². The lowest BCUT2D eigenvalue weighted by Gasteiger charge is -2.15. The maximum absolute atomic E-state index is 13.8. The molecule has 2 heterocycles. The van der Waals surface area contributed by atoms with Crippen molar-refractivity contribution in [1.29, 1.82) is 0 Å². The van der Waals surface area contributed by atoms with E-state index in [9.17, 15) is 9.59 Å². The largest absolute Gasteiger partial charge is 0.274 e. The number of fused-ring (bicyclic) bond motifs is 6. The number of benzene rings is 4. The molecule has 0 N–H and O–H groups in total. The molecule has 0 fully saturated rings. The Morgan fingerprint density at radius 2 is 1.16 bits per heavy atom. The maximum atomic E-state index is 13.8. The third-order valence-corrected chi connectivity index (χ3v) is 8.96. The molecule has 6 aromatic rings. The van der Waals surface area contributed by atoms with Gasteiger partial charge in [-0.15, -0.1) is 0 Å². The molecule has 0 saturated heterocycles. The third-order valence-electron chi connectivity index (χ3n) is 6.45. The highest BCUT2D eigenvalue weighted by Crippen LogP contribution is 2.47. The quantitative estimate of drug-likeness (QED) is 0.123. The number of unbranched alkanes of at least 4 members (excludes halogenated alkanes) is 3. The van der Waals surface area contributed by atoms with Crippen molar-refractivity contribution in [3.8, 4) is 0 Å². The summed E-state index contributed by atoms with van der Waals surface area (Å²) < 4.78 is 3.86. The number of pyridine rings is 1. The number of hydrogen-bond donors (Lipinski definition) is 0. The van der Waals surface area contributed by atoms with Crippen LogP contribution in [0.15, 0.2) is 58.1 Å². The molecule has 0 spiro atoms. The molecular weight excluding hydrogens is 422 g/mol. The molecule has 0 aliphatic heterocycles. The van der Waals surface area contributed by atoms with Crippen LogP contribution in [-0.4, -0.2) is 4.57 Å². The summed E-state index contributed by atoms with van der Waals surface area (Å²) in [6, 6.07) is 16.3. The van der Waals surface area contributed by atoms with Crippen LogP contribution in [0, 0.1) is 0 Å². The SMILES string of the molecule is CCCCCCn1c(=O)c2c3ccccc3c3ssc4c5ccccc5c(c1=O)c2c34. The predicted molar refractivity (Wildman–Crippen MR) is 136 cm³/mol. The van der Waals surface area contributed by atoms with E-state index in [0.29, 0.717) is 17.3 Å². The van der Waals surface area contributed by atoms with E-state index in [1.807, 2.05) is 36.4 Å². The highest BCUT2D eigenvalue weighted by molar-refractivity contribution is 7.75. The molecule has 31 heavy (non-hydrogen) atoms. The molecule has 0 unspecified atom stereocenters. The van der Waals surface area contributed by atoms with Gasteiger partial charge in [0, 0.05) is 28.1 Å². The van der Waals surface area contributed by atoms with E-state index in [1.165, 1.54) is 14.0 Å². The molecule has 154 valence electrons. The van der Waals surface area contributed by atoms with Crippen LogP contribution >= 0.6 is 20.7 Å². The van der Waals surface area contributed by atoms with Crippen LogP contribution in [0.4, 0.5) is 0 Å². The molecule has 0 saturated carbocycles. The molecule has 0 aliphatic carbocycles. The molecule has 6 rings (SSSR count). The summed E-state index contributed by atoms with van der Waals surface area (Å²) in [5.41, 5.74) is -0.278. The smallest absolute Gasteiger partial charge is 0.262 e. The fourth-order valence-electron chi connectivity index (χ4n) is 5.00. The monoisotopic (exact) mass is 443 g/mol. The highest BCUT2D eigenvalue weighted by atomic mass is 32.9. The minimum absolute atomic E-state index is 0.139. The first-order valence-corrected chi connectivity index (χ1v) is 13.0. The molecule has 0 radical (unpaired) electrons. The van der Waals surface area contributed by atoms with E-state index in [-0.39, 0.29) is 11.1 Å². The highest BCUT2D eigenvalue weighted by Gasteiger charge is 2.24. The molecule has 0 atom stereocenters. The van der Waals surface area contributed by atoms with Gasteiger partial charge in [0.25, 0.3) is 11.1 Å². The van der Waals surface area contributed by atoms with Crippen LogP contribution in [0.5, 0.6) is 0 Å². The molecule has 0 aliphatic rings. The van der Waals surface area contributed by atoms with E-state index < -0.39 is 0 Å². The Morgan fingerprint density at radius 1 is 0.645 bits per heavy atom. The summed E-state index contributed by atoms with van der Waals surface area (Å²) in [6.07, 6.45) is 4.12. The van der Waals surface area contributed by atoms with Crippen LogP contribution in [0.3, 0.4) is 0 Å². The maximum Gasteiger partial charge on any atom is 0.262 e. The van der Waals surface area contributed by atoms with Gasteiger partial charge < -0.3 is 0 Å². The van der Waals surface area contributed by atoms with Crippen molar-refractivity contribution in [3.05, 3.63) is 69.2 Å². The number of hydrogen-bond acceptors (Lipinski definition) is 4. The molecule has 0 amide bonds. The first kappa shape index (κ1) is 19.0. The van der Waals surface area contributed by atoms with E-state index in [0.717, 1.165) is 58.0 Å². The number of rotatable bonds is 5. The second-order valence-electron chi connectivity index (χ2n) is 8.24. The molecule has 3 nitrogen and oxygen atoms in total. The summed E-state index contributed by atoms with van der Waals surface area (Å²) in [5, 5.41) is 7.48. The summed E-state index contributed by atoms with van der Waals surface area (Å²) in [5.74, 6) is 0. The van der Waals surface area contributed by atoms with Crippen molar-refractivity contribution < 1.29 is 0 Å². The van der Waals surface area contributed by atoms with E-state index in [2.05, 4.69) is 19.1 Å². The standard InChI is InChI=1S/C26H21NO2S2/c1-2-3-4-9-14-27-25(28)19-15-10-5-7-12-17(15)23-22-21(19)20(26(27)29)16-11-6-8-13-18(16)24(22)31-30-23/h5-8,10-13H,2-4,9,14H2,1H3. The Hall–Kier alpha value is -2.76. The van der Waals surface area contributed by atoms with E-state index >= 15 is 0 Å². The fraction of sp³-hybridized carbons (Fsp3) is 0.231. The van der Waals surface area contributed by atoms with Gasteiger partial charge in [0.1, 0.15) is 0 Å². The predicted octanol–water partition coefficient (Wildman–Crippen LogP) is 7.12. The zero-order valence-corrected chi connectivity index (χ0v) is 18.9. The second kappa shape index (κ2) is 7.14. The summed E-state index contributed by atoms with van der Waals surface area (Å²) in [4.78, 5) is 27.5. The minimum atomic E-state index is -0.139. The Morgan fingerprint density at radius 3 is 1.68 bits per heavy atom. The zero-order chi connectivity index (χ0) is 21.1. The second-order valence-corrected chi connectivity index (χ2v) is 10.4. The lowest BCUT2D eigenvalue weighted by molar-refractivity contribution is 0.565. The Labute approximate surface area is 185 Å². The van der Waals surface area contributed by atoms with Gasteiger partial charge in [-0.2, -0.15) is 0 Å². The third kappa shape index (κ3) is 2.57. The van der Waals surface area contributed by atoms with Gasteiger partial charge in [-0.3, -0.25) is 14.2 Å². The van der Waals surface area contributed by atoms with Crippen molar-refractivity contribution in [2.75, 3.05) is 0 Å². The van der Waals surface area contributed by atoms with E-state index in [1.54, 1.807) is 20.7 Å². The van der Waals surface area contributed by atoms with Crippen molar-refractivity contribution >= 4 is 73.2 Å². The van der Waals surface area contributed by atoms with Crippen LogP contribution in [0.25, 0.3) is 52.5 Å². The molecule has 2 aromatic heterocycles. The van der Waals surface area contributed by atoms with Gasteiger partial charge in [0.2, 0.25) is 0 Å². The van der Waals surface area contributed by atoms with Crippen LogP contribution in [0.1, 0.15) is 32.6 Å². The van der Waals surface area contributed by atoms with Crippen molar-refractivity contribution in [2.45, 2.75) is 39.2 Å². The minimum Gasteiger partial charge on any atom is -0.274 e. The van der Waals surface area contributed by atoms with Gasteiger partial charge in [0.15, 0.2) is 0 Å². The lowest BCUT2D eigenvalue weighted by atomic mass is 9.92. The lowest BCUT2D eigenvalue weighted by Crippen LogP contribution is -2.33. The topological polar surface area (TPSA) is 39.1 Å². The summed E-state index contributed by atoms with van der Waals surface area (Å²) in [7, 11) is 3.49. The molecule has 4 aromatic carbocycles. The summed E-state index contributed by atoms with van der Waals surface area (Å²) in [6.45, 7) is 2.65. The first-order chi connectivity index (χ1) is 15.2. The van der Waals surface area contributed by atoms with Crippen molar-refractivity contribution in [3.63, 3.8) is 0 Å². The van der Waals surface area contributed by atoms with Crippen molar-refractivity contribution in [1.82, 2.24) is 4.57 Å². The zero-order valence-electron chi connectivity index (χ0n) is 17.2. The van der Waals surface area contributed by atoms with Gasteiger partial charge in [-0.25, -0.2) is 0 Å². The Bertz CT molecular complexity index is 1600. The fourth-order valence-corrected chi connectivity index (χ4v) is 7.89. The average Bonchev–Trinajstić information content (AvgIpc) is 3.25. The summed E-state index contributed by atoms with van der Waals surface area (Å²) >= 11 is 0. The van der Waals surface area contributed by atoms with Gasteiger partial charge in [-0.05, 0) is 17.2 Å². The number of nitrogens with zero attached hydrogens (tertiary/aromatic N) is 1. The van der Waals surface area contributed by atoms with E-state index in [4.69, 9.17) is 0 Å². The number of aromatic nitrogens is 1. The molecule has 0 bridgehead atoms. The van der Waals surface area contributed by atoms with Gasteiger partial charge in [0.05, 0.1) is 20.2 Å². The van der Waals surface area contributed by atoms with Crippen LogP contribution in [-0.2, 0) is 6.54 Å². The van der Waals surface area contributed by atoms with Gasteiger partial charge >= 0.3 is 0 Å². The molecular formula is C26H21NO2S2. The average molecular weight is 444 g/mol. The first-order valence-electron chi connectivity index (χ1n) is 10.9. The Balaban J connectivity index is 1.88. The van der Waals surface area contributed by atoms with Crippen LogP contribution < -0.4 is 11.1 Å². The van der Waals surface area contributed by atoms with Gasteiger partial charge in [-0.1, -0.05) is 95.4 Å². The Kier molecular flexibility index (Phi) is 4.37. The molecule has 5 heteroatoms.